The van der Waals surface area contributed by atoms with Crippen molar-refractivity contribution in [3.8, 4) is 5.75 Å². The van der Waals surface area contributed by atoms with Crippen molar-refractivity contribution in [1.29, 1.82) is 0 Å². The van der Waals surface area contributed by atoms with E-state index in [1.54, 1.807) is 67.8 Å². The zero-order chi connectivity index (χ0) is 20.4. The van der Waals surface area contributed by atoms with Gasteiger partial charge in [0.1, 0.15) is 11.6 Å². The number of hydrogen-bond donors (Lipinski definition) is 1. The van der Waals surface area contributed by atoms with Gasteiger partial charge in [-0.1, -0.05) is 42.5 Å². The first-order valence-corrected chi connectivity index (χ1v) is 9.15. The van der Waals surface area contributed by atoms with Crippen molar-refractivity contribution in [2.45, 2.75) is 12.0 Å². The molecule has 4 rings (SSSR count). The van der Waals surface area contributed by atoms with Gasteiger partial charge in [0.25, 0.3) is 5.91 Å². The Balaban J connectivity index is 1.80. The SMILES string of the molecule is COc1ccc([C@]2(C(=O)Nc3ccccc3F)CC(=O)N2c2ccccc2)cc1. The number of methoxy groups -OCH3 is 1. The number of amides is 2. The molecule has 0 aromatic heterocycles. The number of carbonyl (C=O) groups excluding carboxylic acids is 2. The number of carbonyl (C=O) groups is 2. The second kappa shape index (κ2) is 7.39. The Morgan fingerprint density at radius 2 is 1.66 bits per heavy atom. The van der Waals surface area contributed by atoms with E-state index in [1.165, 1.54) is 17.0 Å². The summed E-state index contributed by atoms with van der Waals surface area (Å²) >= 11 is 0. The zero-order valence-electron chi connectivity index (χ0n) is 15.8. The average molecular weight is 390 g/mol. The number of halogens is 1. The molecule has 0 unspecified atom stereocenters. The lowest BCUT2D eigenvalue weighted by Crippen LogP contribution is -2.67. The first kappa shape index (κ1) is 18.7. The zero-order valence-corrected chi connectivity index (χ0v) is 15.8. The smallest absolute Gasteiger partial charge is 0.256 e. The molecule has 0 aliphatic carbocycles. The fraction of sp³-hybridized carbons (Fsp3) is 0.130. The Morgan fingerprint density at radius 3 is 2.28 bits per heavy atom. The second-order valence-corrected chi connectivity index (χ2v) is 6.76. The van der Waals surface area contributed by atoms with Crippen LogP contribution in [0.15, 0.2) is 78.9 Å². The van der Waals surface area contributed by atoms with Crippen LogP contribution in [0.1, 0.15) is 12.0 Å². The summed E-state index contributed by atoms with van der Waals surface area (Å²) in [6.45, 7) is 0. The van der Waals surface area contributed by atoms with Crippen LogP contribution in [0.3, 0.4) is 0 Å². The van der Waals surface area contributed by atoms with Crippen LogP contribution in [0.4, 0.5) is 15.8 Å². The van der Waals surface area contributed by atoms with Gasteiger partial charge in [-0.2, -0.15) is 0 Å². The van der Waals surface area contributed by atoms with E-state index in [1.807, 2.05) is 6.07 Å². The molecule has 3 aromatic carbocycles. The summed E-state index contributed by atoms with van der Waals surface area (Å²) in [5, 5.41) is 2.66. The van der Waals surface area contributed by atoms with Gasteiger partial charge >= 0.3 is 0 Å². The Morgan fingerprint density at radius 1 is 1.00 bits per heavy atom. The van der Waals surface area contributed by atoms with Gasteiger partial charge in [-0.3, -0.25) is 14.5 Å². The highest BCUT2D eigenvalue weighted by atomic mass is 19.1. The summed E-state index contributed by atoms with van der Waals surface area (Å²) in [6, 6.07) is 21.9. The standard InChI is InChI=1S/C23H19FN2O3/c1-29-18-13-11-16(12-14-18)23(22(28)25-20-10-6-5-9-19(20)24)15-21(27)26(23)17-7-3-2-4-8-17/h2-14H,15H2,1H3,(H,25,28)/t23-/m0/s1. The monoisotopic (exact) mass is 390 g/mol. The van der Waals surface area contributed by atoms with Crippen molar-refractivity contribution in [3.63, 3.8) is 0 Å². The van der Waals surface area contributed by atoms with Crippen molar-refractivity contribution in [2.75, 3.05) is 17.3 Å². The van der Waals surface area contributed by atoms with Gasteiger partial charge in [0.05, 0.1) is 19.2 Å². The summed E-state index contributed by atoms with van der Waals surface area (Å²) in [7, 11) is 1.55. The molecule has 0 saturated carbocycles. The fourth-order valence-corrected chi connectivity index (χ4v) is 3.64. The van der Waals surface area contributed by atoms with E-state index in [9.17, 15) is 14.0 Å². The predicted octanol–water partition coefficient (Wildman–Crippen LogP) is 4.11. The van der Waals surface area contributed by atoms with Crippen LogP contribution in [0.25, 0.3) is 0 Å². The summed E-state index contributed by atoms with van der Waals surface area (Å²) < 4.78 is 19.4. The average Bonchev–Trinajstić information content (AvgIpc) is 2.74. The van der Waals surface area contributed by atoms with Gasteiger partial charge in [-0.15, -0.1) is 0 Å². The molecule has 1 aliphatic heterocycles. The Kier molecular flexibility index (Phi) is 4.76. The van der Waals surface area contributed by atoms with E-state index in [4.69, 9.17) is 4.74 Å². The lowest BCUT2D eigenvalue weighted by atomic mass is 9.76. The van der Waals surface area contributed by atoms with Crippen LogP contribution in [-0.4, -0.2) is 18.9 Å². The molecule has 0 radical (unpaired) electrons. The Labute approximate surface area is 167 Å². The van der Waals surface area contributed by atoms with Crippen molar-refractivity contribution in [2.24, 2.45) is 0 Å². The number of hydrogen-bond acceptors (Lipinski definition) is 3. The first-order valence-electron chi connectivity index (χ1n) is 9.15. The Bertz CT molecular complexity index is 1050. The molecule has 2 amide bonds. The fourth-order valence-electron chi connectivity index (χ4n) is 3.64. The van der Waals surface area contributed by atoms with Gasteiger partial charge in [0.2, 0.25) is 5.91 Å². The third kappa shape index (κ3) is 3.12. The topological polar surface area (TPSA) is 58.6 Å². The number of anilines is 2. The molecule has 3 aromatic rings. The molecule has 6 heteroatoms. The molecule has 0 bridgehead atoms. The van der Waals surface area contributed by atoms with Crippen LogP contribution < -0.4 is 15.0 Å². The van der Waals surface area contributed by atoms with Crippen LogP contribution in [0.2, 0.25) is 0 Å². The molecule has 29 heavy (non-hydrogen) atoms. The second-order valence-electron chi connectivity index (χ2n) is 6.76. The summed E-state index contributed by atoms with van der Waals surface area (Å²) in [4.78, 5) is 27.5. The number of nitrogens with zero attached hydrogens (tertiary/aromatic N) is 1. The highest BCUT2D eigenvalue weighted by molar-refractivity contribution is 6.17. The summed E-state index contributed by atoms with van der Waals surface area (Å²) in [6.07, 6.45) is -0.0193. The molecule has 1 saturated heterocycles. The minimum Gasteiger partial charge on any atom is -0.497 e. The van der Waals surface area contributed by atoms with E-state index >= 15 is 0 Å². The molecule has 5 nitrogen and oxygen atoms in total. The number of para-hydroxylation sites is 2. The molecule has 1 aliphatic rings. The first-order chi connectivity index (χ1) is 14.1. The molecule has 146 valence electrons. The van der Waals surface area contributed by atoms with E-state index in [0.29, 0.717) is 17.0 Å². The molecule has 1 atom stereocenters. The maximum absolute atomic E-state index is 14.1. The van der Waals surface area contributed by atoms with Gasteiger partial charge in [-0.05, 0) is 42.0 Å². The van der Waals surface area contributed by atoms with Crippen LogP contribution >= 0.6 is 0 Å². The van der Waals surface area contributed by atoms with E-state index in [-0.39, 0.29) is 18.0 Å². The number of benzene rings is 3. The van der Waals surface area contributed by atoms with E-state index < -0.39 is 17.3 Å². The van der Waals surface area contributed by atoms with E-state index in [0.717, 1.165) is 0 Å². The van der Waals surface area contributed by atoms with Gasteiger partial charge in [0, 0.05) is 5.69 Å². The van der Waals surface area contributed by atoms with E-state index in [2.05, 4.69) is 5.32 Å². The molecule has 0 spiro atoms. The van der Waals surface area contributed by atoms with Crippen molar-refractivity contribution in [1.82, 2.24) is 0 Å². The quantitative estimate of drug-likeness (QED) is 0.667. The van der Waals surface area contributed by atoms with Crippen LogP contribution in [0, 0.1) is 5.82 Å². The largest absolute Gasteiger partial charge is 0.497 e. The van der Waals surface area contributed by atoms with Gasteiger partial charge in [-0.25, -0.2) is 4.39 Å². The minimum atomic E-state index is -1.28. The molecule has 1 fully saturated rings. The highest BCUT2D eigenvalue weighted by Crippen LogP contribution is 2.46. The number of nitrogens with one attached hydrogen (secondary N) is 1. The van der Waals surface area contributed by atoms with Crippen molar-refractivity contribution < 1.29 is 18.7 Å². The highest BCUT2D eigenvalue weighted by Gasteiger charge is 2.58. The van der Waals surface area contributed by atoms with Crippen molar-refractivity contribution >= 4 is 23.2 Å². The maximum Gasteiger partial charge on any atom is 0.256 e. The number of ether oxygens (including phenoxy) is 1. The third-order valence-electron chi connectivity index (χ3n) is 5.12. The predicted molar refractivity (Wildman–Crippen MR) is 108 cm³/mol. The van der Waals surface area contributed by atoms with Crippen LogP contribution in [-0.2, 0) is 15.1 Å². The minimum absolute atomic E-state index is 0.0193. The van der Waals surface area contributed by atoms with Crippen LogP contribution in [0.5, 0.6) is 5.75 Å². The summed E-state index contributed by atoms with van der Waals surface area (Å²) in [5.74, 6) is -0.565. The molecule has 1 N–H and O–H groups in total. The maximum atomic E-state index is 14.1. The lowest BCUT2D eigenvalue weighted by Gasteiger charge is -2.50. The molecular weight excluding hydrogens is 371 g/mol. The molecule has 1 heterocycles. The lowest BCUT2D eigenvalue weighted by molar-refractivity contribution is -0.137. The van der Waals surface area contributed by atoms with Crippen molar-refractivity contribution in [3.05, 3.63) is 90.2 Å². The Hall–Kier alpha value is -3.67. The van der Waals surface area contributed by atoms with Gasteiger partial charge in [0.15, 0.2) is 5.54 Å². The molecular formula is C23H19FN2O3. The van der Waals surface area contributed by atoms with Gasteiger partial charge < -0.3 is 10.1 Å². The number of β-lactam (4-membered cyclic amide) rings is 1. The third-order valence-corrected chi connectivity index (χ3v) is 5.12. The summed E-state index contributed by atoms with van der Waals surface area (Å²) in [5.41, 5.74) is 0.00378. The normalized spacial score (nSPS) is 18.1. The number of rotatable bonds is 5.